The molecule has 4 aromatic rings. The van der Waals surface area contributed by atoms with Gasteiger partial charge < -0.3 is 9.47 Å². The van der Waals surface area contributed by atoms with E-state index in [0.717, 1.165) is 28.7 Å². The summed E-state index contributed by atoms with van der Waals surface area (Å²) in [7, 11) is 0. The van der Waals surface area contributed by atoms with Crippen molar-refractivity contribution in [1.82, 2.24) is 15.0 Å². The van der Waals surface area contributed by atoms with Crippen molar-refractivity contribution in [2.75, 3.05) is 4.90 Å². The minimum Gasteiger partial charge on any atom is -0.443 e. The lowest BCUT2D eigenvalue weighted by Crippen LogP contribution is -2.34. The van der Waals surface area contributed by atoms with Gasteiger partial charge in [0.1, 0.15) is 23.5 Å². The summed E-state index contributed by atoms with van der Waals surface area (Å²) < 4.78 is 51.3. The smallest absolute Gasteiger partial charge is 0.420 e. The van der Waals surface area contributed by atoms with Crippen LogP contribution in [0.3, 0.4) is 0 Å². The van der Waals surface area contributed by atoms with Crippen molar-refractivity contribution >= 4 is 28.5 Å². The molecule has 0 saturated heterocycles. The number of amides is 1. The summed E-state index contributed by atoms with van der Waals surface area (Å²) in [5.74, 6) is 0.483. The van der Waals surface area contributed by atoms with E-state index >= 15 is 0 Å². The zero-order chi connectivity index (χ0) is 25.2. The Morgan fingerprint density at radius 3 is 2.46 bits per heavy atom. The van der Waals surface area contributed by atoms with Gasteiger partial charge in [0.05, 0.1) is 16.8 Å². The molecule has 7 nitrogen and oxygen atoms in total. The first kappa shape index (κ1) is 23.9. The van der Waals surface area contributed by atoms with Crippen molar-refractivity contribution in [3.05, 3.63) is 78.8 Å². The normalized spacial score (nSPS) is 11.8. The number of fused-ring (bicyclic) bond motifs is 1. The molecule has 0 bridgehead atoms. The Balaban J connectivity index is 1.72. The Bertz CT molecular complexity index is 1370. The fraction of sp³-hybridized carbons (Fsp3) is 0.200. The average molecular weight is 482 g/mol. The predicted octanol–water partition coefficient (Wildman–Crippen LogP) is 6.91. The molecule has 2 aromatic heterocycles. The van der Waals surface area contributed by atoms with Crippen LogP contribution < -0.4 is 9.64 Å². The van der Waals surface area contributed by atoms with Crippen LogP contribution >= 0.6 is 0 Å². The monoisotopic (exact) mass is 482 g/mol. The average Bonchev–Trinajstić information content (AvgIpc) is 2.78. The topological polar surface area (TPSA) is 77.4 Å². The number of alkyl halides is 3. The first-order chi connectivity index (χ1) is 16.5. The highest BCUT2D eigenvalue weighted by molar-refractivity contribution is 5.95. The van der Waals surface area contributed by atoms with E-state index in [-0.39, 0.29) is 17.4 Å². The SMILES string of the molecule is CC(C)(C)OC(=O)N(c1cccc(C(F)(F)F)c1)c1cc(Oc2ccc3cccnc3c2)ncn1. The van der Waals surface area contributed by atoms with E-state index in [1.807, 2.05) is 18.2 Å². The second kappa shape index (κ2) is 9.21. The third-order valence-electron chi connectivity index (χ3n) is 4.66. The van der Waals surface area contributed by atoms with Gasteiger partial charge >= 0.3 is 12.3 Å². The van der Waals surface area contributed by atoms with Crippen LogP contribution in [0, 0.1) is 0 Å². The van der Waals surface area contributed by atoms with Crippen LogP contribution in [-0.4, -0.2) is 26.6 Å². The van der Waals surface area contributed by atoms with Crippen LogP contribution in [0.5, 0.6) is 11.6 Å². The number of ether oxygens (including phenoxy) is 2. The Morgan fingerprint density at radius 2 is 1.71 bits per heavy atom. The summed E-state index contributed by atoms with van der Waals surface area (Å²) in [4.78, 5) is 26.4. The van der Waals surface area contributed by atoms with Crippen molar-refractivity contribution in [2.24, 2.45) is 0 Å². The summed E-state index contributed by atoms with van der Waals surface area (Å²) in [6, 6.07) is 14.7. The molecular formula is C25H21F3N4O3. The lowest BCUT2D eigenvalue weighted by Gasteiger charge is -2.27. The number of halogens is 3. The standard InChI is InChI=1S/C25H21F3N4O3/c1-24(2,3)35-23(33)32(18-8-4-7-17(12-18)25(26,27)28)21-14-22(31-15-30-21)34-19-10-9-16-6-5-11-29-20(16)13-19/h4-15H,1-3H3. The van der Waals surface area contributed by atoms with Crippen LogP contribution in [0.2, 0.25) is 0 Å². The first-order valence-corrected chi connectivity index (χ1v) is 10.5. The molecule has 0 N–H and O–H groups in total. The van der Waals surface area contributed by atoms with Gasteiger partial charge in [0.25, 0.3) is 0 Å². The quantitative estimate of drug-likeness (QED) is 0.315. The van der Waals surface area contributed by atoms with Gasteiger partial charge in [-0.3, -0.25) is 4.98 Å². The highest BCUT2D eigenvalue weighted by Gasteiger charge is 2.33. The summed E-state index contributed by atoms with van der Waals surface area (Å²) in [5, 5.41) is 0.920. The highest BCUT2D eigenvalue weighted by Crippen LogP contribution is 2.35. The van der Waals surface area contributed by atoms with E-state index in [1.54, 1.807) is 39.1 Å². The van der Waals surface area contributed by atoms with E-state index < -0.39 is 23.4 Å². The minimum atomic E-state index is -4.60. The molecule has 0 fully saturated rings. The molecule has 4 rings (SSSR count). The maximum atomic E-state index is 13.3. The highest BCUT2D eigenvalue weighted by atomic mass is 19.4. The van der Waals surface area contributed by atoms with Gasteiger partial charge in [-0.25, -0.2) is 19.7 Å². The fourth-order valence-electron chi connectivity index (χ4n) is 3.20. The molecule has 1 amide bonds. The van der Waals surface area contributed by atoms with Crippen LogP contribution in [0.15, 0.2) is 73.2 Å². The van der Waals surface area contributed by atoms with Crippen molar-refractivity contribution in [1.29, 1.82) is 0 Å². The number of rotatable bonds is 4. The van der Waals surface area contributed by atoms with Crippen molar-refractivity contribution in [2.45, 2.75) is 32.5 Å². The Kier molecular flexibility index (Phi) is 6.29. The molecule has 0 spiro atoms. The fourth-order valence-corrected chi connectivity index (χ4v) is 3.20. The molecule has 0 atom stereocenters. The maximum Gasteiger partial charge on any atom is 0.420 e. The maximum absolute atomic E-state index is 13.3. The number of carbonyl (C=O) groups is 1. The van der Waals surface area contributed by atoms with Gasteiger partial charge in [0, 0.05) is 23.7 Å². The van der Waals surface area contributed by atoms with Crippen LogP contribution in [0.1, 0.15) is 26.3 Å². The van der Waals surface area contributed by atoms with Crippen molar-refractivity contribution in [3.63, 3.8) is 0 Å². The number of hydrogen-bond acceptors (Lipinski definition) is 6. The van der Waals surface area contributed by atoms with Gasteiger partial charge in [-0.15, -0.1) is 0 Å². The summed E-state index contributed by atoms with van der Waals surface area (Å²) in [5.41, 5.74) is -1.19. The summed E-state index contributed by atoms with van der Waals surface area (Å²) in [6.07, 6.45) is -2.70. The van der Waals surface area contributed by atoms with Gasteiger partial charge in [0.2, 0.25) is 5.88 Å². The Labute approximate surface area is 199 Å². The van der Waals surface area contributed by atoms with Crippen LogP contribution in [-0.2, 0) is 10.9 Å². The molecule has 0 unspecified atom stereocenters. The third kappa shape index (κ3) is 5.84. The second-order valence-electron chi connectivity index (χ2n) is 8.54. The molecule has 10 heteroatoms. The molecule has 0 aliphatic carbocycles. The lowest BCUT2D eigenvalue weighted by molar-refractivity contribution is -0.137. The van der Waals surface area contributed by atoms with Crippen LogP contribution in [0.4, 0.5) is 29.5 Å². The van der Waals surface area contributed by atoms with Gasteiger partial charge in [-0.1, -0.05) is 12.1 Å². The van der Waals surface area contributed by atoms with Gasteiger partial charge in [-0.2, -0.15) is 13.2 Å². The lowest BCUT2D eigenvalue weighted by atomic mass is 10.1. The third-order valence-corrected chi connectivity index (χ3v) is 4.66. The van der Waals surface area contributed by atoms with Gasteiger partial charge in [-0.05, 0) is 57.2 Å². The Hall–Kier alpha value is -4.21. The molecule has 2 heterocycles. The molecule has 0 aliphatic heterocycles. The summed E-state index contributed by atoms with van der Waals surface area (Å²) >= 11 is 0. The molecular weight excluding hydrogens is 461 g/mol. The van der Waals surface area contributed by atoms with E-state index in [2.05, 4.69) is 15.0 Å². The number of aromatic nitrogens is 3. The van der Waals surface area contributed by atoms with Crippen molar-refractivity contribution in [3.8, 4) is 11.6 Å². The molecule has 0 radical (unpaired) electrons. The second-order valence-corrected chi connectivity index (χ2v) is 8.54. The van der Waals surface area contributed by atoms with Crippen LogP contribution in [0.25, 0.3) is 10.9 Å². The first-order valence-electron chi connectivity index (χ1n) is 10.5. The van der Waals surface area contributed by atoms with E-state index in [9.17, 15) is 18.0 Å². The molecule has 2 aromatic carbocycles. The van der Waals surface area contributed by atoms with E-state index in [4.69, 9.17) is 9.47 Å². The van der Waals surface area contributed by atoms with E-state index in [0.29, 0.717) is 11.3 Å². The predicted molar refractivity (Wildman–Crippen MR) is 124 cm³/mol. The molecule has 35 heavy (non-hydrogen) atoms. The number of carbonyl (C=O) groups excluding carboxylic acids is 1. The Morgan fingerprint density at radius 1 is 0.914 bits per heavy atom. The van der Waals surface area contributed by atoms with E-state index in [1.165, 1.54) is 18.2 Å². The number of hydrogen-bond donors (Lipinski definition) is 0. The zero-order valence-electron chi connectivity index (χ0n) is 19.1. The molecule has 180 valence electrons. The summed E-state index contributed by atoms with van der Waals surface area (Å²) in [6.45, 7) is 4.95. The molecule has 0 aliphatic rings. The number of benzene rings is 2. The number of anilines is 2. The largest absolute Gasteiger partial charge is 0.443 e. The van der Waals surface area contributed by atoms with Crippen molar-refractivity contribution < 1.29 is 27.4 Å². The number of nitrogens with zero attached hydrogens (tertiary/aromatic N) is 4. The van der Waals surface area contributed by atoms with Gasteiger partial charge in [0.15, 0.2) is 0 Å². The zero-order valence-corrected chi connectivity index (χ0v) is 19.1. The minimum absolute atomic E-state index is 0.0255. The number of pyridine rings is 1. The molecule has 0 saturated carbocycles.